The molecule has 88 valence electrons. The summed E-state index contributed by atoms with van der Waals surface area (Å²) in [5.41, 5.74) is 0.738. The van der Waals surface area contributed by atoms with E-state index in [9.17, 15) is 0 Å². The quantitative estimate of drug-likeness (QED) is 0.472. The van der Waals surface area contributed by atoms with Gasteiger partial charge < -0.3 is 19.4 Å². The smallest absolute Gasteiger partial charge is 0.125 e. The number of oxime groups is 1. The molecule has 0 radical (unpaired) electrons. The molecule has 1 atom stereocenters. The van der Waals surface area contributed by atoms with Crippen LogP contribution in [-0.2, 0) is 4.74 Å². The second-order valence-electron chi connectivity index (χ2n) is 3.03. The monoisotopic (exact) mass is 225 g/mol. The summed E-state index contributed by atoms with van der Waals surface area (Å²) < 4.78 is 15.5. The van der Waals surface area contributed by atoms with E-state index < -0.39 is 6.10 Å². The maximum absolute atomic E-state index is 8.54. The van der Waals surface area contributed by atoms with E-state index in [-0.39, 0.29) is 0 Å². The van der Waals surface area contributed by atoms with Crippen molar-refractivity contribution in [3.63, 3.8) is 0 Å². The van der Waals surface area contributed by atoms with Crippen molar-refractivity contribution in [2.24, 2.45) is 5.16 Å². The minimum atomic E-state index is -0.477. The summed E-state index contributed by atoms with van der Waals surface area (Å²) in [7, 11) is 4.66. The zero-order chi connectivity index (χ0) is 12.0. The second kappa shape index (κ2) is 5.97. The van der Waals surface area contributed by atoms with Crippen LogP contribution in [0.2, 0.25) is 0 Å². The van der Waals surface area contributed by atoms with Crippen LogP contribution in [0.15, 0.2) is 23.4 Å². The Hall–Kier alpha value is -1.75. The normalized spacial score (nSPS) is 12.7. The third-order valence-corrected chi connectivity index (χ3v) is 2.20. The third kappa shape index (κ3) is 2.64. The van der Waals surface area contributed by atoms with Gasteiger partial charge in [0.2, 0.25) is 0 Å². The van der Waals surface area contributed by atoms with Gasteiger partial charge in [-0.05, 0) is 18.2 Å². The molecule has 0 spiro atoms. The maximum Gasteiger partial charge on any atom is 0.125 e. The molecule has 1 N–H and O–H groups in total. The fourth-order valence-electron chi connectivity index (χ4n) is 1.39. The van der Waals surface area contributed by atoms with Gasteiger partial charge >= 0.3 is 0 Å². The van der Waals surface area contributed by atoms with Crippen molar-refractivity contribution in [2.75, 3.05) is 21.3 Å². The number of hydrogen-bond donors (Lipinski definition) is 1. The minimum Gasteiger partial charge on any atom is -0.497 e. The van der Waals surface area contributed by atoms with Gasteiger partial charge in [0.1, 0.15) is 17.6 Å². The van der Waals surface area contributed by atoms with Crippen molar-refractivity contribution in [1.29, 1.82) is 0 Å². The summed E-state index contributed by atoms with van der Waals surface area (Å²) in [5, 5.41) is 11.5. The van der Waals surface area contributed by atoms with Gasteiger partial charge in [0.25, 0.3) is 0 Å². The van der Waals surface area contributed by atoms with Gasteiger partial charge in [0.15, 0.2) is 0 Å². The van der Waals surface area contributed by atoms with E-state index in [4.69, 9.17) is 19.4 Å². The van der Waals surface area contributed by atoms with Crippen molar-refractivity contribution in [3.05, 3.63) is 23.8 Å². The van der Waals surface area contributed by atoms with Crippen molar-refractivity contribution in [3.8, 4) is 11.5 Å². The summed E-state index contributed by atoms with van der Waals surface area (Å²) >= 11 is 0. The molecule has 0 amide bonds. The topological polar surface area (TPSA) is 60.3 Å². The predicted molar refractivity (Wildman–Crippen MR) is 59.6 cm³/mol. The van der Waals surface area contributed by atoms with Crippen molar-refractivity contribution in [2.45, 2.75) is 6.10 Å². The van der Waals surface area contributed by atoms with Gasteiger partial charge in [-0.15, -0.1) is 0 Å². The van der Waals surface area contributed by atoms with Crippen molar-refractivity contribution >= 4 is 6.21 Å². The molecule has 0 saturated heterocycles. The summed E-state index contributed by atoms with van der Waals surface area (Å²) in [5.74, 6) is 1.33. The molecule has 1 unspecified atom stereocenters. The van der Waals surface area contributed by atoms with Crippen LogP contribution in [0.5, 0.6) is 11.5 Å². The fraction of sp³-hybridized carbons (Fsp3) is 0.364. The minimum absolute atomic E-state index is 0.477. The number of hydrogen-bond acceptors (Lipinski definition) is 5. The Labute approximate surface area is 94.2 Å². The first-order chi connectivity index (χ1) is 7.76. The number of nitrogens with zero attached hydrogens (tertiary/aromatic N) is 1. The lowest BCUT2D eigenvalue weighted by Crippen LogP contribution is -2.05. The standard InChI is InChI=1S/C11H15NO4/c1-14-8-4-5-10(15-2)9(6-8)11(16-3)7-12-13/h4-7,11,13H,1-3H3. The average Bonchev–Trinajstić information content (AvgIpc) is 2.35. The SMILES string of the molecule is COc1ccc(OC)c(C(C=NO)OC)c1. The van der Waals surface area contributed by atoms with Crippen LogP contribution in [0.3, 0.4) is 0 Å². The highest BCUT2D eigenvalue weighted by molar-refractivity contribution is 5.67. The summed E-state index contributed by atoms with van der Waals surface area (Å²) in [6.07, 6.45) is 0.798. The third-order valence-electron chi connectivity index (χ3n) is 2.20. The molecular weight excluding hydrogens is 210 g/mol. The van der Waals surface area contributed by atoms with Crippen molar-refractivity contribution < 1.29 is 19.4 Å². The van der Waals surface area contributed by atoms with Crippen LogP contribution in [0.1, 0.15) is 11.7 Å². The molecule has 1 aromatic carbocycles. The van der Waals surface area contributed by atoms with Gasteiger partial charge in [-0.1, -0.05) is 5.16 Å². The van der Waals surface area contributed by atoms with E-state index in [1.807, 2.05) is 0 Å². The molecule has 5 nitrogen and oxygen atoms in total. The van der Waals surface area contributed by atoms with Crippen LogP contribution in [0, 0.1) is 0 Å². The number of benzene rings is 1. The Kier molecular flexibility index (Phi) is 4.60. The van der Waals surface area contributed by atoms with Crippen LogP contribution in [0.25, 0.3) is 0 Å². The van der Waals surface area contributed by atoms with Gasteiger partial charge in [-0.3, -0.25) is 0 Å². The van der Waals surface area contributed by atoms with Crippen LogP contribution >= 0.6 is 0 Å². The van der Waals surface area contributed by atoms with E-state index >= 15 is 0 Å². The molecule has 1 rings (SSSR count). The number of rotatable bonds is 5. The Morgan fingerprint density at radius 3 is 2.50 bits per heavy atom. The van der Waals surface area contributed by atoms with Gasteiger partial charge in [0, 0.05) is 12.7 Å². The lowest BCUT2D eigenvalue weighted by atomic mass is 10.1. The summed E-state index contributed by atoms with van der Waals surface area (Å²) in [4.78, 5) is 0. The molecule has 0 fully saturated rings. The van der Waals surface area contributed by atoms with Gasteiger partial charge in [-0.2, -0.15) is 0 Å². The van der Waals surface area contributed by atoms with E-state index in [1.165, 1.54) is 13.3 Å². The molecule has 0 heterocycles. The molecule has 16 heavy (non-hydrogen) atoms. The molecule has 0 aliphatic heterocycles. The van der Waals surface area contributed by atoms with Crippen LogP contribution in [-0.4, -0.2) is 32.8 Å². The first-order valence-corrected chi connectivity index (χ1v) is 4.69. The van der Waals surface area contributed by atoms with Gasteiger partial charge in [-0.25, -0.2) is 0 Å². The molecule has 0 aliphatic carbocycles. The lowest BCUT2D eigenvalue weighted by Gasteiger charge is -2.15. The van der Waals surface area contributed by atoms with E-state index in [0.29, 0.717) is 11.5 Å². The van der Waals surface area contributed by atoms with E-state index in [1.54, 1.807) is 32.4 Å². The maximum atomic E-state index is 8.54. The first-order valence-electron chi connectivity index (χ1n) is 4.69. The van der Waals surface area contributed by atoms with E-state index in [0.717, 1.165) is 5.56 Å². The highest BCUT2D eigenvalue weighted by Gasteiger charge is 2.14. The lowest BCUT2D eigenvalue weighted by molar-refractivity contribution is 0.154. The number of ether oxygens (including phenoxy) is 3. The zero-order valence-corrected chi connectivity index (χ0v) is 9.51. The number of methoxy groups -OCH3 is 3. The molecule has 0 bridgehead atoms. The van der Waals surface area contributed by atoms with Gasteiger partial charge in [0.05, 0.1) is 20.4 Å². The molecule has 0 saturated carbocycles. The molecule has 5 heteroatoms. The Morgan fingerprint density at radius 2 is 2.00 bits per heavy atom. The molecule has 1 aromatic rings. The first kappa shape index (κ1) is 12.3. The second-order valence-corrected chi connectivity index (χ2v) is 3.03. The van der Waals surface area contributed by atoms with E-state index in [2.05, 4.69) is 5.16 Å². The van der Waals surface area contributed by atoms with Crippen LogP contribution in [0.4, 0.5) is 0 Å². The fourth-order valence-corrected chi connectivity index (χ4v) is 1.39. The molecule has 0 aromatic heterocycles. The molecule has 0 aliphatic rings. The summed E-state index contributed by atoms with van der Waals surface area (Å²) in [6.45, 7) is 0. The predicted octanol–water partition coefficient (Wildman–Crippen LogP) is 1.85. The largest absolute Gasteiger partial charge is 0.497 e. The Bertz CT molecular complexity index is 365. The highest BCUT2D eigenvalue weighted by Crippen LogP contribution is 2.30. The molecular formula is C11H15NO4. The van der Waals surface area contributed by atoms with Crippen LogP contribution < -0.4 is 9.47 Å². The Morgan fingerprint density at radius 1 is 1.25 bits per heavy atom. The highest BCUT2D eigenvalue weighted by atomic mass is 16.5. The zero-order valence-electron chi connectivity index (χ0n) is 9.51. The summed E-state index contributed by atoms with van der Waals surface area (Å²) in [6, 6.07) is 5.32. The average molecular weight is 225 g/mol. The Balaban J connectivity index is 3.15. The van der Waals surface area contributed by atoms with Crippen molar-refractivity contribution in [1.82, 2.24) is 0 Å².